The quantitative estimate of drug-likeness (QED) is 0.841. The molecule has 2 nitrogen and oxygen atoms in total. The van der Waals surface area contributed by atoms with Crippen molar-refractivity contribution in [1.29, 1.82) is 0 Å². The molecule has 0 radical (unpaired) electrons. The van der Waals surface area contributed by atoms with Crippen LogP contribution in [0.1, 0.15) is 30.4 Å². The predicted octanol–water partition coefficient (Wildman–Crippen LogP) is 3.12. The lowest BCUT2D eigenvalue weighted by Gasteiger charge is -2.29. The molecule has 18 heavy (non-hydrogen) atoms. The Balaban J connectivity index is 2.13. The van der Waals surface area contributed by atoms with Gasteiger partial charge in [-0.05, 0) is 61.7 Å². The zero-order chi connectivity index (χ0) is 12.6. The van der Waals surface area contributed by atoms with Gasteiger partial charge >= 0.3 is 0 Å². The maximum atomic E-state index is 5.52. The summed E-state index contributed by atoms with van der Waals surface area (Å²) in [5, 5.41) is 3.55. The summed E-state index contributed by atoms with van der Waals surface area (Å²) in [7, 11) is 1.78. The van der Waals surface area contributed by atoms with E-state index >= 15 is 0 Å². The van der Waals surface area contributed by atoms with Crippen LogP contribution >= 0.6 is 11.8 Å². The summed E-state index contributed by atoms with van der Waals surface area (Å²) in [6, 6.07) is 4.63. The van der Waals surface area contributed by atoms with E-state index in [1.807, 2.05) is 11.8 Å². The molecule has 3 rings (SSSR count). The van der Waals surface area contributed by atoms with E-state index in [-0.39, 0.29) is 0 Å². The Morgan fingerprint density at radius 2 is 2.22 bits per heavy atom. The number of fused-ring (bicyclic) bond motifs is 2. The van der Waals surface area contributed by atoms with Gasteiger partial charge in [0.25, 0.3) is 0 Å². The maximum absolute atomic E-state index is 5.52. The molecule has 0 amide bonds. The fourth-order valence-corrected chi connectivity index (χ4v) is 4.53. The number of rotatable bonds is 1. The smallest absolute Gasteiger partial charge is 0.122 e. The molecule has 2 aliphatic rings. The van der Waals surface area contributed by atoms with Crippen molar-refractivity contribution in [3.05, 3.63) is 23.3 Å². The topological polar surface area (TPSA) is 21.3 Å². The molecule has 1 atom stereocenters. The second kappa shape index (κ2) is 4.78. The van der Waals surface area contributed by atoms with Gasteiger partial charge in [0.2, 0.25) is 0 Å². The third-order valence-electron chi connectivity index (χ3n) is 4.37. The number of aryl methyl sites for hydroxylation is 1. The Labute approximate surface area is 113 Å². The number of hydrogen-bond donors (Lipinski definition) is 1. The summed E-state index contributed by atoms with van der Waals surface area (Å²) in [6.45, 7) is 4.43. The van der Waals surface area contributed by atoms with Gasteiger partial charge in [-0.2, -0.15) is 0 Å². The molecule has 0 bridgehead atoms. The number of ether oxygens (including phenoxy) is 1. The zero-order valence-electron chi connectivity index (χ0n) is 11.2. The third-order valence-corrected chi connectivity index (χ3v) is 5.51. The minimum absolute atomic E-state index is 0.361. The van der Waals surface area contributed by atoms with E-state index in [9.17, 15) is 0 Å². The minimum Gasteiger partial charge on any atom is -0.496 e. The van der Waals surface area contributed by atoms with E-state index in [0.717, 1.165) is 18.8 Å². The molecule has 2 aliphatic heterocycles. The summed E-state index contributed by atoms with van der Waals surface area (Å²) in [5.74, 6) is 2.29. The van der Waals surface area contributed by atoms with Crippen LogP contribution in [0, 0.1) is 6.92 Å². The highest BCUT2D eigenvalue weighted by Gasteiger charge is 2.38. The van der Waals surface area contributed by atoms with Crippen molar-refractivity contribution in [2.75, 3.05) is 26.0 Å². The van der Waals surface area contributed by atoms with E-state index in [2.05, 4.69) is 24.4 Å². The van der Waals surface area contributed by atoms with Gasteiger partial charge in [-0.1, -0.05) is 0 Å². The Hall–Kier alpha value is -0.670. The standard InChI is InChI=1S/C15H21NOS/c1-11-8-14-12(9-13(11)17-2)15(4-3-7-18-14)5-6-16-10-15/h8-9,16H,3-7,10H2,1-2H3. The number of methoxy groups -OCH3 is 1. The van der Waals surface area contributed by atoms with Gasteiger partial charge in [0.15, 0.2) is 0 Å². The normalized spacial score (nSPS) is 27.0. The molecule has 0 aromatic heterocycles. The van der Waals surface area contributed by atoms with Gasteiger partial charge in [-0.25, -0.2) is 0 Å². The van der Waals surface area contributed by atoms with Crippen LogP contribution in [0.15, 0.2) is 17.0 Å². The average molecular weight is 263 g/mol. The van der Waals surface area contributed by atoms with Gasteiger partial charge in [-0.15, -0.1) is 11.8 Å². The summed E-state index contributed by atoms with van der Waals surface area (Å²) in [4.78, 5) is 1.48. The molecular formula is C15H21NOS. The van der Waals surface area contributed by atoms with E-state index in [1.54, 1.807) is 7.11 Å². The molecule has 1 unspecified atom stereocenters. The summed E-state index contributed by atoms with van der Waals surface area (Å²) in [5.41, 5.74) is 3.14. The maximum Gasteiger partial charge on any atom is 0.122 e. The first-order valence-electron chi connectivity index (χ1n) is 6.78. The van der Waals surface area contributed by atoms with Crippen LogP contribution in [0.25, 0.3) is 0 Å². The predicted molar refractivity (Wildman–Crippen MR) is 76.9 cm³/mol. The molecule has 1 aromatic carbocycles. The molecular weight excluding hydrogens is 242 g/mol. The van der Waals surface area contributed by atoms with Crippen molar-refractivity contribution in [3.63, 3.8) is 0 Å². The highest BCUT2D eigenvalue weighted by atomic mass is 32.2. The highest BCUT2D eigenvalue weighted by Crippen LogP contribution is 2.45. The second-order valence-electron chi connectivity index (χ2n) is 5.48. The van der Waals surface area contributed by atoms with E-state index < -0.39 is 0 Å². The van der Waals surface area contributed by atoms with Gasteiger partial charge in [-0.3, -0.25) is 0 Å². The van der Waals surface area contributed by atoms with Gasteiger partial charge in [0, 0.05) is 16.9 Å². The Bertz CT molecular complexity index is 452. The van der Waals surface area contributed by atoms with Crippen molar-refractivity contribution >= 4 is 11.8 Å². The van der Waals surface area contributed by atoms with Crippen LogP contribution in [-0.4, -0.2) is 26.0 Å². The zero-order valence-corrected chi connectivity index (χ0v) is 12.0. The molecule has 1 aromatic rings. The van der Waals surface area contributed by atoms with Gasteiger partial charge in [0.1, 0.15) is 5.75 Å². The Morgan fingerprint density at radius 3 is 2.94 bits per heavy atom. The lowest BCUT2D eigenvalue weighted by Crippen LogP contribution is -2.29. The molecule has 1 spiro atoms. The van der Waals surface area contributed by atoms with Crippen LogP contribution in [0.3, 0.4) is 0 Å². The van der Waals surface area contributed by atoms with Crippen LogP contribution in [0.5, 0.6) is 5.75 Å². The average Bonchev–Trinajstić information content (AvgIpc) is 2.77. The van der Waals surface area contributed by atoms with Gasteiger partial charge < -0.3 is 10.1 Å². The number of hydrogen-bond acceptors (Lipinski definition) is 3. The molecule has 1 N–H and O–H groups in total. The first kappa shape index (κ1) is 12.4. The van der Waals surface area contributed by atoms with Crippen molar-refractivity contribution in [3.8, 4) is 5.75 Å². The lowest BCUT2D eigenvalue weighted by molar-refractivity contribution is 0.398. The number of thioether (sulfide) groups is 1. The summed E-state index contributed by atoms with van der Waals surface area (Å²) in [6.07, 6.45) is 3.90. The minimum atomic E-state index is 0.361. The second-order valence-corrected chi connectivity index (χ2v) is 6.61. The Morgan fingerprint density at radius 1 is 1.33 bits per heavy atom. The molecule has 0 saturated carbocycles. The van der Waals surface area contributed by atoms with Gasteiger partial charge in [0.05, 0.1) is 7.11 Å². The van der Waals surface area contributed by atoms with Crippen LogP contribution in [0.4, 0.5) is 0 Å². The number of benzene rings is 1. The van der Waals surface area contributed by atoms with Crippen molar-refractivity contribution in [2.45, 2.75) is 36.5 Å². The fraction of sp³-hybridized carbons (Fsp3) is 0.600. The molecule has 1 saturated heterocycles. The monoisotopic (exact) mass is 263 g/mol. The fourth-order valence-electron chi connectivity index (χ4n) is 3.33. The SMILES string of the molecule is COc1cc2c(cc1C)SCCCC21CCNC1. The van der Waals surface area contributed by atoms with E-state index in [0.29, 0.717) is 5.41 Å². The van der Waals surface area contributed by atoms with Crippen molar-refractivity contribution in [2.24, 2.45) is 0 Å². The first-order chi connectivity index (χ1) is 8.75. The molecule has 98 valence electrons. The van der Waals surface area contributed by atoms with Crippen LogP contribution in [0.2, 0.25) is 0 Å². The van der Waals surface area contributed by atoms with E-state index in [4.69, 9.17) is 4.74 Å². The molecule has 2 heterocycles. The highest BCUT2D eigenvalue weighted by molar-refractivity contribution is 7.99. The first-order valence-corrected chi connectivity index (χ1v) is 7.76. The Kier molecular flexibility index (Phi) is 3.29. The van der Waals surface area contributed by atoms with Crippen molar-refractivity contribution in [1.82, 2.24) is 5.32 Å². The largest absolute Gasteiger partial charge is 0.496 e. The summed E-state index contributed by atoms with van der Waals surface area (Å²) < 4.78 is 5.52. The molecule has 3 heteroatoms. The molecule has 0 aliphatic carbocycles. The third kappa shape index (κ3) is 1.94. The van der Waals surface area contributed by atoms with Crippen LogP contribution < -0.4 is 10.1 Å². The number of nitrogens with one attached hydrogen (secondary N) is 1. The van der Waals surface area contributed by atoms with E-state index in [1.165, 1.54) is 41.0 Å². The lowest BCUT2D eigenvalue weighted by atomic mass is 9.76. The van der Waals surface area contributed by atoms with Crippen LogP contribution in [-0.2, 0) is 5.41 Å². The summed E-state index contributed by atoms with van der Waals surface area (Å²) >= 11 is 2.02. The molecule has 1 fully saturated rings. The van der Waals surface area contributed by atoms with Crippen molar-refractivity contribution < 1.29 is 4.74 Å².